The Balaban J connectivity index is 1.33. The van der Waals surface area contributed by atoms with Gasteiger partial charge >= 0.3 is 5.97 Å². The summed E-state index contributed by atoms with van der Waals surface area (Å²) in [7, 11) is 0. The van der Waals surface area contributed by atoms with Crippen molar-refractivity contribution in [3.63, 3.8) is 0 Å². The number of carbonyl (C=O) groups is 1. The number of halogens is 1. The Morgan fingerprint density at radius 2 is 2.13 bits per heavy atom. The average molecular weight is 548 g/mol. The lowest BCUT2D eigenvalue weighted by Crippen LogP contribution is -2.23. The molecular formula is C26H22ClN7O3S. The first-order valence-electron chi connectivity index (χ1n) is 12.1. The van der Waals surface area contributed by atoms with Crippen molar-refractivity contribution < 1.29 is 9.90 Å². The van der Waals surface area contributed by atoms with Crippen LogP contribution in [0.25, 0.3) is 28.1 Å². The predicted molar refractivity (Wildman–Crippen MR) is 143 cm³/mol. The third-order valence-electron chi connectivity index (χ3n) is 6.89. The molecule has 5 heterocycles. The largest absolute Gasteiger partial charge is 0.481 e. The van der Waals surface area contributed by atoms with Crippen molar-refractivity contribution in [2.24, 2.45) is 0 Å². The number of tetrazole rings is 1. The molecule has 0 aliphatic carbocycles. The van der Waals surface area contributed by atoms with Crippen LogP contribution in [-0.4, -0.2) is 45.8 Å². The van der Waals surface area contributed by atoms with Crippen molar-refractivity contribution in [2.75, 3.05) is 0 Å². The second-order valence-electron chi connectivity index (χ2n) is 9.13. The summed E-state index contributed by atoms with van der Waals surface area (Å²) < 4.78 is 3.32. The number of benzene rings is 1. The van der Waals surface area contributed by atoms with Crippen molar-refractivity contribution in [2.45, 2.75) is 38.1 Å². The molecule has 1 aliphatic rings. The van der Waals surface area contributed by atoms with E-state index in [1.807, 2.05) is 30.5 Å². The number of pyridine rings is 1. The number of carboxylic acids is 1. The van der Waals surface area contributed by atoms with Crippen LogP contribution in [-0.2, 0) is 11.2 Å². The molecule has 2 atom stereocenters. The lowest BCUT2D eigenvalue weighted by molar-refractivity contribution is -0.138. The monoisotopic (exact) mass is 547 g/mol. The number of hydrogen-bond donors (Lipinski definition) is 2. The Bertz CT molecular complexity index is 1710. The fraction of sp³-hybridized carbons (Fsp3) is 0.231. The average Bonchev–Trinajstić information content (AvgIpc) is 3.70. The zero-order valence-corrected chi connectivity index (χ0v) is 21.8. The van der Waals surface area contributed by atoms with Gasteiger partial charge < -0.3 is 14.7 Å². The van der Waals surface area contributed by atoms with Gasteiger partial charge in [0.2, 0.25) is 0 Å². The van der Waals surface area contributed by atoms with Crippen molar-refractivity contribution in [1.29, 1.82) is 0 Å². The normalized spacial score (nSPS) is 15.5. The first kappa shape index (κ1) is 24.3. The molecular weight excluding hydrogens is 526 g/mol. The van der Waals surface area contributed by atoms with E-state index in [1.54, 1.807) is 33.6 Å². The predicted octanol–water partition coefficient (Wildman–Crippen LogP) is 4.71. The van der Waals surface area contributed by atoms with Crippen molar-refractivity contribution in [3.8, 4) is 28.1 Å². The number of nitrogens with one attached hydrogen (secondary N) is 1. The summed E-state index contributed by atoms with van der Waals surface area (Å²) in [4.78, 5) is 33.7. The van der Waals surface area contributed by atoms with E-state index in [4.69, 9.17) is 11.6 Å². The van der Waals surface area contributed by atoms with Crippen LogP contribution in [0.2, 0.25) is 5.02 Å². The fourth-order valence-corrected chi connectivity index (χ4v) is 6.30. The molecule has 0 fully saturated rings. The van der Waals surface area contributed by atoms with Gasteiger partial charge in [-0.05, 0) is 65.6 Å². The number of imidazole rings is 1. The lowest BCUT2D eigenvalue weighted by Gasteiger charge is -2.15. The molecule has 1 unspecified atom stereocenters. The van der Waals surface area contributed by atoms with Crippen LogP contribution in [0.1, 0.15) is 48.1 Å². The van der Waals surface area contributed by atoms with Gasteiger partial charge in [0.1, 0.15) is 12.2 Å². The molecule has 5 aromatic rings. The molecule has 6 rings (SSSR count). The molecule has 192 valence electrons. The maximum atomic E-state index is 13.4. The smallest absolute Gasteiger partial charge is 0.311 e. The Kier molecular flexibility index (Phi) is 6.16. The van der Waals surface area contributed by atoms with E-state index in [0.29, 0.717) is 23.7 Å². The standard InChI is InChI=1S/C26H22ClN7O3S/c1-2-18(26(36)37)23-8-15(12-38-23)20-11-28-25(30-20)22-6-4-17-7-14(9-24(35)34(17)22)19-10-16(27)3-5-21(19)33-13-29-31-32-33/h3,5,7-13,18,22H,2,4,6H2,1H3,(H,28,30)(H,36,37)/t18?,22-/m0/s1. The molecule has 10 nitrogen and oxygen atoms in total. The number of H-pyrrole nitrogens is 1. The number of rotatable bonds is 7. The highest BCUT2D eigenvalue weighted by Gasteiger charge is 2.28. The molecule has 1 aromatic carbocycles. The van der Waals surface area contributed by atoms with Gasteiger partial charge in [0, 0.05) is 38.2 Å². The minimum Gasteiger partial charge on any atom is -0.481 e. The Morgan fingerprint density at radius 3 is 2.89 bits per heavy atom. The summed E-state index contributed by atoms with van der Waals surface area (Å²) >= 11 is 7.73. The minimum absolute atomic E-state index is 0.134. The van der Waals surface area contributed by atoms with Gasteiger partial charge in [0.05, 0.1) is 29.5 Å². The van der Waals surface area contributed by atoms with E-state index >= 15 is 0 Å². The highest BCUT2D eigenvalue weighted by molar-refractivity contribution is 7.10. The second kappa shape index (κ2) is 9.66. The van der Waals surface area contributed by atoms with Crippen molar-refractivity contribution >= 4 is 28.9 Å². The Labute approximate surface area is 225 Å². The second-order valence-corrected chi connectivity index (χ2v) is 10.5. The summed E-state index contributed by atoms with van der Waals surface area (Å²) in [5.74, 6) is -0.648. The third-order valence-corrected chi connectivity index (χ3v) is 8.17. The summed E-state index contributed by atoms with van der Waals surface area (Å²) in [6, 6.07) is 10.7. The van der Waals surface area contributed by atoms with Crippen LogP contribution >= 0.6 is 22.9 Å². The van der Waals surface area contributed by atoms with Crippen molar-refractivity contribution in [3.05, 3.63) is 86.1 Å². The Hall–Kier alpha value is -4.09. The number of aryl methyl sites for hydroxylation is 1. The zero-order valence-electron chi connectivity index (χ0n) is 20.2. The number of thiophene rings is 1. The highest BCUT2D eigenvalue weighted by atomic mass is 35.5. The van der Waals surface area contributed by atoms with Crippen LogP contribution in [0.4, 0.5) is 0 Å². The minimum atomic E-state index is -0.824. The maximum Gasteiger partial charge on any atom is 0.311 e. The maximum absolute atomic E-state index is 13.4. The molecule has 0 saturated carbocycles. The molecule has 0 radical (unpaired) electrons. The quantitative estimate of drug-likeness (QED) is 0.301. The molecule has 1 aliphatic heterocycles. The molecule has 0 saturated heterocycles. The number of aromatic amines is 1. The third kappa shape index (κ3) is 4.23. The molecule has 0 amide bonds. The van der Waals surface area contributed by atoms with E-state index in [9.17, 15) is 14.7 Å². The molecule has 2 N–H and O–H groups in total. The highest BCUT2D eigenvalue weighted by Crippen LogP contribution is 2.36. The van der Waals surface area contributed by atoms with Gasteiger partial charge in [-0.2, -0.15) is 4.68 Å². The number of hydrogen-bond acceptors (Lipinski definition) is 7. The molecule has 0 spiro atoms. The number of fused-ring (bicyclic) bond motifs is 1. The van der Waals surface area contributed by atoms with Gasteiger partial charge in [-0.1, -0.05) is 18.5 Å². The molecule has 38 heavy (non-hydrogen) atoms. The fourth-order valence-electron chi connectivity index (χ4n) is 5.05. The first-order chi connectivity index (χ1) is 18.4. The van der Waals surface area contributed by atoms with E-state index in [2.05, 4.69) is 25.5 Å². The van der Waals surface area contributed by atoms with Crippen LogP contribution in [0.5, 0.6) is 0 Å². The van der Waals surface area contributed by atoms with Crippen LogP contribution in [0, 0.1) is 0 Å². The van der Waals surface area contributed by atoms with Crippen LogP contribution in [0.15, 0.2) is 59.1 Å². The Morgan fingerprint density at radius 1 is 1.26 bits per heavy atom. The molecule has 4 aromatic heterocycles. The van der Waals surface area contributed by atoms with Gasteiger partial charge in [0.25, 0.3) is 5.56 Å². The van der Waals surface area contributed by atoms with Gasteiger partial charge in [-0.15, -0.1) is 16.4 Å². The topological polar surface area (TPSA) is 132 Å². The van der Waals surface area contributed by atoms with Crippen LogP contribution < -0.4 is 5.56 Å². The molecule has 12 heteroatoms. The van der Waals surface area contributed by atoms with Crippen molar-refractivity contribution in [1.82, 2.24) is 34.7 Å². The SMILES string of the molecule is CCC(C(=O)O)c1cc(-c2cnc([C@@H]3CCc4cc(-c5cc(Cl)ccc5-n5cnnn5)cc(=O)n43)[nH]2)cs1. The van der Waals surface area contributed by atoms with Gasteiger partial charge in [0.15, 0.2) is 0 Å². The number of carboxylic acid groups (broad SMARTS) is 1. The van der Waals surface area contributed by atoms with E-state index in [1.165, 1.54) is 17.7 Å². The summed E-state index contributed by atoms with van der Waals surface area (Å²) in [6.07, 6.45) is 5.21. The number of aliphatic carboxylic acids is 1. The van der Waals surface area contributed by atoms with Gasteiger partial charge in [-0.3, -0.25) is 9.59 Å². The van der Waals surface area contributed by atoms with E-state index < -0.39 is 11.9 Å². The number of aromatic nitrogens is 7. The van der Waals surface area contributed by atoms with Gasteiger partial charge in [-0.25, -0.2) is 4.98 Å². The lowest BCUT2D eigenvalue weighted by atomic mass is 10.0. The van der Waals surface area contributed by atoms with Crippen LogP contribution in [0.3, 0.4) is 0 Å². The zero-order chi connectivity index (χ0) is 26.4. The number of nitrogens with zero attached hydrogens (tertiary/aromatic N) is 6. The summed E-state index contributed by atoms with van der Waals surface area (Å²) in [5.41, 5.74) is 4.68. The van der Waals surface area contributed by atoms with E-state index in [-0.39, 0.29) is 11.6 Å². The summed E-state index contributed by atoms with van der Waals surface area (Å²) in [6.45, 7) is 1.87. The van der Waals surface area contributed by atoms with E-state index in [0.717, 1.165) is 45.1 Å². The molecule has 0 bridgehead atoms. The first-order valence-corrected chi connectivity index (χ1v) is 13.3. The summed E-state index contributed by atoms with van der Waals surface area (Å²) in [5, 5.41) is 23.4.